The molecule has 2 nitrogen and oxygen atoms in total. The van der Waals surface area contributed by atoms with Gasteiger partial charge in [-0.2, -0.15) is 5.26 Å². The van der Waals surface area contributed by atoms with Gasteiger partial charge in [-0.25, -0.2) is 0 Å². The van der Waals surface area contributed by atoms with Crippen LogP contribution >= 0.6 is 15.9 Å². The van der Waals surface area contributed by atoms with Gasteiger partial charge in [-0.3, -0.25) is 0 Å². The molecule has 0 aliphatic carbocycles. The van der Waals surface area contributed by atoms with E-state index in [1.165, 1.54) is 6.42 Å². The molecule has 0 aliphatic heterocycles. The van der Waals surface area contributed by atoms with Gasteiger partial charge in [-0.1, -0.05) is 36.7 Å². The van der Waals surface area contributed by atoms with E-state index in [1.54, 1.807) is 0 Å². The van der Waals surface area contributed by atoms with Crippen molar-refractivity contribution in [1.29, 1.82) is 5.26 Å². The first-order chi connectivity index (χ1) is 8.02. The number of rotatable bonds is 5. The van der Waals surface area contributed by atoms with Gasteiger partial charge in [0, 0.05) is 11.0 Å². The highest BCUT2D eigenvalue weighted by molar-refractivity contribution is 9.10. The summed E-state index contributed by atoms with van der Waals surface area (Å²) < 4.78 is 0.940. The molecule has 1 aromatic carbocycles. The summed E-state index contributed by atoms with van der Waals surface area (Å²) in [5.74, 6) is 1.33. The first-order valence-electron chi connectivity index (χ1n) is 5.96. The van der Waals surface area contributed by atoms with E-state index in [4.69, 9.17) is 5.26 Å². The summed E-state index contributed by atoms with van der Waals surface area (Å²) in [5, 5.41) is 12.4. The number of hydrogen-bond acceptors (Lipinski definition) is 2. The molecule has 1 rings (SSSR count). The Bertz CT molecular complexity index is 407. The summed E-state index contributed by atoms with van der Waals surface area (Å²) in [5.41, 5.74) is 1.61. The highest BCUT2D eigenvalue weighted by Crippen LogP contribution is 2.21. The maximum Gasteiger partial charge on any atom is 0.101 e. The van der Waals surface area contributed by atoms with Crippen molar-refractivity contribution in [3.05, 3.63) is 28.2 Å². The van der Waals surface area contributed by atoms with Gasteiger partial charge in [0.15, 0.2) is 0 Å². The van der Waals surface area contributed by atoms with Crippen LogP contribution in [-0.2, 0) is 0 Å². The van der Waals surface area contributed by atoms with E-state index in [1.807, 2.05) is 18.2 Å². The molecule has 1 atom stereocenters. The second-order valence-corrected chi connectivity index (χ2v) is 5.83. The summed E-state index contributed by atoms with van der Waals surface area (Å²) in [4.78, 5) is 0. The van der Waals surface area contributed by atoms with E-state index in [2.05, 4.69) is 48.1 Å². The Morgan fingerprint density at radius 2 is 2.06 bits per heavy atom. The zero-order valence-electron chi connectivity index (χ0n) is 10.6. The number of anilines is 1. The lowest BCUT2D eigenvalue weighted by Crippen LogP contribution is -2.13. The molecule has 0 saturated heterocycles. The first kappa shape index (κ1) is 14.1. The van der Waals surface area contributed by atoms with Crippen molar-refractivity contribution in [3.8, 4) is 6.07 Å². The summed E-state index contributed by atoms with van der Waals surface area (Å²) >= 11 is 3.37. The van der Waals surface area contributed by atoms with Gasteiger partial charge in [-0.15, -0.1) is 0 Å². The molecular formula is C14H19BrN2. The van der Waals surface area contributed by atoms with Gasteiger partial charge in [0.25, 0.3) is 0 Å². The van der Waals surface area contributed by atoms with Crippen molar-refractivity contribution in [1.82, 2.24) is 0 Å². The molecule has 1 N–H and O–H groups in total. The Hall–Kier alpha value is -1.01. The zero-order chi connectivity index (χ0) is 12.8. The quantitative estimate of drug-likeness (QED) is 0.873. The fourth-order valence-electron chi connectivity index (χ4n) is 1.94. The summed E-state index contributed by atoms with van der Waals surface area (Å²) in [6, 6.07) is 7.95. The van der Waals surface area contributed by atoms with E-state index in [0.717, 1.165) is 16.7 Å². The average molecular weight is 295 g/mol. The van der Waals surface area contributed by atoms with Crippen LogP contribution in [0.2, 0.25) is 0 Å². The smallest absolute Gasteiger partial charge is 0.101 e. The molecule has 0 radical (unpaired) electrons. The Balaban J connectivity index is 2.61. The van der Waals surface area contributed by atoms with Gasteiger partial charge in [-0.05, 0) is 36.5 Å². The van der Waals surface area contributed by atoms with Crippen LogP contribution in [-0.4, -0.2) is 6.54 Å². The Morgan fingerprint density at radius 3 is 2.65 bits per heavy atom. The molecule has 0 fully saturated rings. The summed E-state index contributed by atoms with van der Waals surface area (Å²) in [6.07, 6.45) is 1.20. The van der Waals surface area contributed by atoms with Crippen LogP contribution in [0.25, 0.3) is 0 Å². The lowest BCUT2D eigenvalue weighted by molar-refractivity contribution is 0.455. The molecule has 92 valence electrons. The van der Waals surface area contributed by atoms with Crippen molar-refractivity contribution in [3.63, 3.8) is 0 Å². The zero-order valence-corrected chi connectivity index (χ0v) is 12.2. The Labute approximate surface area is 112 Å². The minimum atomic E-state index is 0.616. The van der Waals surface area contributed by atoms with E-state index >= 15 is 0 Å². The Kier molecular flexibility index (Phi) is 5.50. The molecule has 1 aromatic rings. The highest BCUT2D eigenvalue weighted by Gasteiger charge is 2.07. The van der Waals surface area contributed by atoms with Crippen molar-refractivity contribution < 1.29 is 0 Å². The third-order valence-corrected chi connectivity index (χ3v) is 3.11. The second kappa shape index (κ2) is 6.66. The fourth-order valence-corrected chi connectivity index (χ4v) is 2.30. The number of halogens is 1. The lowest BCUT2D eigenvalue weighted by atomic mass is 9.99. The third-order valence-electron chi connectivity index (χ3n) is 2.62. The minimum Gasteiger partial charge on any atom is -0.384 e. The number of nitrogens with one attached hydrogen (secondary N) is 1. The maximum atomic E-state index is 9.04. The van der Waals surface area contributed by atoms with Crippen molar-refractivity contribution in [2.45, 2.75) is 27.2 Å². The van der Waals surface area contributed by atoms with E-state index in [9.17, 15) is 0 Å². The van der Waals surface area contributed by atoms with Crippen LogP contribution in [0.5, 0.6) is 0 Å². The number of nitrogens with zero attached hydrogens (tertiary/aromatic N) is 1. The largest absolute Gasteiger partial charge is 0.384 e. The van der Waals surface area contributed by atoms with Gasteiger partial charge in [0.1, 0.15) is 6.07 Å². The van der Waals surface area contributed by atoms with Gasteiger partial charge in [0.05, 0.1) is 11.3 Å². The molecule has 0 amide bonds. The van der Waals surface area contributed by atoms with Crippen LogP contribution < -0.4 is 5.32 Å². The fraction of sp³-hybridized carbons (Fsp3) is 0.500. The highest BCUT2D eigenvalue weighted by atomic mass is 79.9. The number of hydrogen-bond donors (Lipinski definition) is 1. The predicted octanol–water partition coefficient (Wildman–Crippen LogP) is 4.41. The van der Waals surface area contributed by atoms with Crippen molar-refractivity contribution >= 4 is 21.6 Å². The van der Waals surface area contributed by atoms with Crippen LogP contribution in [0, 0.1) is 23.2 Å². The SMILES string of the molecule is CC(C)CC(C)CNc1ccc(Br)cc1C#N. The molecule has 0 aromatic heterocycles. The van der Waals surface area contributed by atoms with Gasteiger partial charge >= 0.3 is 0 Å². The average Bonchev–Trinajstić information content (AvgIpc) is 2.26. The maximum absolute atomic E-state index is 9.04. The third kappa shape index (κ3) is 4.79. The topological polar surface area (TPSA) is 35.8 Å². The minimum absolute atomic E-state index is 0.616. The molecule has 3 heteroatoms. The van der Waals surface area contributed by atoms with E-state index in [0.29, 0.717) is 17.4 Å². The van der Waals surface area contributed by atoms with Gasteiger partial charge in [0.2, 0.25) is 0 Å². The summed E-state index contributed by atoms with van der Waals surface area (Å²) in [7, 11) is 0. The lowest BCUT2D eigenvalue weighted by Gasteiger charge is -2.16. The second-order valence-electron chi connectivity index (χ2n) is 4.92. The van der Waals surface area contributed by atoms with Crippen LogP contribution in [0.1, 0.15) is 32.8 Å². The summed E-state index contributed by atoms with van der Waals surface area (Å²) in [6.45, 7) is 7.61. The molecular weight excluding hydrogens is 276 g/mol. The molecule has 0 aliphatic rings. The van der Waals surface area contributed by atoms with Crippen LogP contribution in [0.4, 0.5) is 5.69 Å². The number of nitriles is 1. The molecule has 1 unspecified atom stereocenters. The Morgan fingerprint density at radius 1 is 1.35 bits per heavy atom. The van der Waals surface area contributed by atoms with Crippen LogP contribution in [0.3, 0.4) is 0 Å². The standard InChI is InChI=1S/C14H19BrN2/c1-10(2)6-11(3)9-17-14-5-4-13(15)7-12(14)8-16/h4-5,7,10-11,17H,6,9H2,1-3H3. The molecule has 0 saturated carbocycles. The number of benzene rings is 1. The predicted molar refractivity (Wildman–Crippen MR) is 76.0 cm³/mol. The van der Waals surface area contributed by atoms with Crippen molar-refractivity contribution in [2.24, 2.45) is 11.8 Å². The van der Waals surface area contributed by atoms with Gasteiger partial charge < -0.3 is 5.32 Å². The molecule has 0 heterocycles. The monoisotopic (exact) mass is 294 g/mol. The van der Waals surface area contributed by atoms with Crippen LogP contribution in [0.15, 0.2) is 22.7 Å². The normalized spacial score (nSPS) is 12.2. The van der Waals surface area contributed by atoms with E-state index in [-0.39, 0.29) is 0 Å². The van der Waals surface area contributed by atoms with Crippen molar-refractivity contribution in [2.75, 3.05) is 11.9 Å². The molecule has 0 spiro atoms. The van der Waals surface area contributed by atoms with E-state index < -0.39 is 0 Å². The first-order valence-corrected chi connectivity index (χ1v) is 6.75. The molecule has 0 bridgehead atoms. The molecule has 17 heavy (non-hydrogen) atoms.